The number of nitrogens with one attached hydrogen (secondary N) is 1. The van der Waals surface area contributed by atoms with E-state index >= 15 is 0 Å². The predicted octanol–water partition coefficient (Wildman–Crippen LogP) is 2.29. The van der Waals surface area contributed by atoms with E-state index in [1.54, 1.807) is 12.1 Å². The highest BCUT2D eigenvalue weighted by Crippen LogP contribution is 2.22. The number of rotatable bonds is 4. The summed E-state index contributed by atoms with van der Waals surface area (Å²) >= 11 is 0. The normalized spacial score (nSPS) is 12.2. The Balaban J connectivity index is 3.06. The topological polar surface area (TPSA) is 59.1 Å². The van der Waals surface area contributed by atoms with Crippen LogP contribution in [0.4, 0.5) is 4.39 Å². The number of nitrogens with two attached hydrogens (primary N) is 1. The average molecular weight is 210 g/mol. The maximum atomic E-state index is 13.4. The molecule has 0 bridgehead atoms. The first-order valence-corrected chi connectivity index (χ1v) is 4.85. The molecule has 1 rings (SSSR count). The second-order valence-corrected chi connectivity index (χ2v) is 3.36. The Bertz CT molecular complexity index is 366. The van der Waals surface area contributed by atoms with Crippen LogP contribution in [0.25, 0.3) is 0 Å². The molecule has 0 radical (unpaired) electrons. The molecule has 1 aromatic carbocycles. The molecule has 82 valence electrons. The smallest absolute Gasteiger partial charge is 0.137 e. The molecule has 0 aliphatic heterocycles. The maximum Gasteiger partial charge on any atom is 0.137 e. The second kappa shape index (κ2) is 4.77. The number of ether oxygens (including phenoxy) is 1. The van der Waals surface area contributed by atoms with E-state index in [0.29, 0.717) is 5.75 Å². The minimum absolute atomic E-state index is 0.0232. The molecule has 0 saturated heterocycles. The Hall–Kier alpha value is -1.58. The van der Waals surface area contributed by atoms with Gasteiger partial charge in [-0.2, -0.15) is 0 Å². The zero-order valence-corrected chi connectivity index (χ0v) is 8.88. The third kappa shape index (κ3) is 2.68. The first-order valence-electron chi connectivity index (χ1n) is 4.85. The summed E-state index contributed by atoms with van der Waals surface area (Å²) in [6.45, 7) is 3.85. The quantitative estimate of drug-likeness (QED) is 0.591. The molecule has 0 aliphatic rings. The van der Waals surface area contributed by atoms with E-state index in [0.717, 1.165) is 6.42 Å². The van der Waals surface area contributed by atoms with Crippen LogP contribution in [0, 0.1) is 11.2 Å². The van der Waals surface area contributed by atoms with Crippen molar-refractivity contribution < 1.29 is 9.13 Å². The van der Waals surface area contributed by atoms with Gasteiger partial charge >= 0.3 is 0 Å². The number of amidine groups is 1. The number of nitrogen functional groups attached to an aromatic ring is 1. The third-order valence-corrected chi connectivity index (χ3v) is 2.15. The lowest BCUT2D eigenvalue weighted by Gasteiger charge is -2.15. The van der Waals surface area contributed by atoms with Crippen molar-refractivity contribution in [3.63, 3.8) is 0 Å². The van der Waals surface area contributed by atoms with Gasteiger partial charge in [0.25, 0.3) is 0 Å². The van der Waals surface area contributed by atoms with Crippen LogP contribution < -0.4 is 10.5 Å². The van der Waals surface area contributed by atoms with Crippen LogP contribution in [0.1, 0.15) is 25.8 Å². The first kappa shape index (κ1) is 11.5. The highest BCUT2D eigenvalue weighted by molar-refractivity contribution is 5.97. The SMILES string of the molecule is CCC(C)Oc1cccc(F)c1C(=N)N. The molecule has 1 aromatic rings. The molecule has 0 amide bonds. The van der Waals surface area contributed by atoms with Gasteiger partial charge in [0.05, 0.1) is 11.7 Å². The van der Waals surface area contributed by atoms with Gasteiger partial charge in [0.2, 0.25) is 0 Å². The fraction of sp³-hybridized carbons (Fsp3) is 0.364. The Morgan fingerprint density at radius 1 is 1.60 bits per heavy atom. The van der Waals surface area contributed by atoms with Crippen molar-refractivity contribution in [3.05, 3.63) is 29.6 Å². The van der Waals surface area contributed by atoms with E-state index in [4.69, 9.17) is 15.9 Å². The van der Waals surface area contributed by atoms with E-state index in [1.807, 2.05) is 13.8 Å². The van der Waals surface area contributed by atoms with E-state index in [-0.39, 0.29) is 17.5 Å². The first-order chi connectivity index (χ1) is 7.06. The summed E-state index contributed by atoms with van der Waals surface area (Å²) in [7, 11) is 0. The molecule has 0 fully saturated rings. The summed E-state index contributed by atoms with van der Waals surface area (Å²) in [4.78, 5) is 0. The molecular formula is C11H15FN2O. The average Bonchev–Trinajstić information content (AvgIpc) is 2.17. The molecule has 1 atom stereocenters. The van der Waals surface area contributed by atoms with Gasteiger partial charge in [-0.15, -0.1) is 0 Å². The van der Waals surface area contributed by atoms with Gasteiger partial charge in [0, 0.05) is 0 Å². The molecule has 15 heavy (non-hydrogen) atoms. The Morgan fingerprint density at radius 2 is 2.27 bits per heavy atom. The van der Waals surface area contributed by atoms with Crippen molar-refractivity contribution in [1.29, 1.82) is 5.41 Å². The summed E-state index contributed by atoms with van der Waals surface area (Å²) in [5, 5.41) is 7.28. The van der Waals surface area contributed by atoms with Crippen molar-refractivity contribution in [1.82, 2.24) is 0 Å². The molecule has 3 nitrogen and oxygen atoms in total. The van der Waals surface area contributed by atoms with Gasteiger partial charge in [-0.25, -0.2) is 4.39 Å². The van der Waals surface area contributed by atoms with Crippen LogP contribution in [0.3, 0.4) is 0 Å². The van der Waals surface area contributed by atoms with Gasteiger partial charge < -0.3 is 10.5 Å². The van der Waals surface area contributed by atoms with Gasteiger partial charge in [-0.05, 0) is 25.5 Å². The standard InChI is InChI=1S/C11H15FN2O/c1-3-7(2)15-9-6-4-5-8(12)10(9)11(13)14/h4-7H,3H2,1-2H3,(H3,13,14). The zero-order chi connectivity index (χ0) is 11.4. The summed E-state index contributed by atoms with van der Waals surface area (Å²) in [5.74, 6) is -0.508. The van der Waals surface area contributed by atoms with Crippen LogP contribution in [-0.2, 0) is 0 Å². The summed E-state index contributed by atoms with van der Waals surface area (Å²) < 4.78 is 18.8. The van der Waals surface area contributed by atoms with Gasteiger partial charge in [-0.3, -0.25) is 5.41 Å². The molecule has 0 aromatic heterocycles. The van der Waals surface area contributed by atoms with E-state index < -0.39 is 5.82 Å². The summed E-state index contributed by atoms with van der Waals surface area (Å²) in [5.41, 5.74) is 5.34. The number of hydrogen-bond acceptors (Lipinski definition) is 2. The van der Waals surface area contributed by atoms with Crippen LogP contribution in [0.2, 0.25) is 0 Å². The highest BCUT2D eigenvalue weighted by Gasteiger charge is 2.13. The largest absolute Gasteiger partial charge is 0.490 e. The zero-order valence-electron chi connectivity index (χ0n) is 8.88. The van der Waals surface area contributed by atoms with E-state index in [9.17, 15) is 4.39 Å². The number of benzene rings is 1. The van der Waals surface area contributed by atoms with Crippen LogP contribution >= 0.6 is 0 Å². The van der Waals surface area contributed by atoms with Crippen LogP contribution in [0.5, 0.6) is 5.75 Å². The van der Waals surface area contributed by atoms with Crippen molar-refractivity contribution in [2.24, 2.45) is 5.73 Å². The minimum atomic E-state index is -0.525. The molecule has 4 heteroatoms. The summed E-state index contributed by atoms with van der Waals surface area (Å²) in [6, 6.07) is 4.42. The lowest BCUT2D eigenvalue weighted by Crippen LogP contribution is -2.18. The molecule has 0 heterocycles. The van der Waals surface area contributed by atoms with Crippen LogP contribution in [0.15, 0.2) is 18.2 Å². The highest BCUT2D eigenvalue weighted by atomic mass is 19.1. The van der Waals surface area contributed by atoms with Gasteiger partial charge in [-0.1, -0.05) is 13.0 Å². The van der Waals surface area contributed by atoms with Crippen molar-refractivity contribution in [3.8, 4) is 5.75 Å². The van der Waals surface area contributed by atoms with Crippen LogP contribution in [-0.4, -0.2) is 11.9 Å². The minimum Gasteiger partial charge on any atom is -0.490 e. The van der Waals surface area contributed by atoms with Crippen molar-refractivity contribution >= 4 is 5.84 Å². The van der Waals surface area contributed by atoms with Gasteiger partial charge in [0.15, 0.2) is 0 Å². The molecule has 3 N–H and O–H groups in total. The second-order valence-electron chi connectivity index (χ2n) is 3.36. The van der Waals surface area contributed by atoms with Crippen molar-refractivity contribution in [2.75, 3.05) is 0 Å². The van der Waals surface area contributed by atoms with Gasteiger partial charge in [0.1, 0.15) is 17.4 Å². The monoisotopic (exact) mass is 210 g/mol. The fourth-order valence-corrected chi connectivity index (χ4v) is 1.16. The lowest BCUT2D eigenvalue weighted by atomic mass is 10.1. The molecular weight excluding hydrogens is 195 g/mol. The maximum absolute atomic E-state index is 13.4. The molecule has 1 unspecified atom stereocenters. The Labute approximate surface area is 88.6 Å². The summed E-state index contributed by atoms with van der Waals surface area (Å²) in [6.07, 6.45) is 0.790. The fourth-order valence-electron chi connectivity index (χ4n) is 1.16. The Kier molecular flexibility index (Phi) is 3.66. The molecule has 0 saturated carbocycles. The molecule has 0 spiro atoms. The van der Waals surface area contributed by atoms with Crippen molar-refractivity contribution in [2.45, 2.75) is 26.4 Å². The number of hydrogen-bond donors (Lipinski definition) is 2. The van der Waals surface area contributed by atoms with E-state index in [1.165, 1.54) is 6.07 Å². The lowest BCUT2D eigenvalue weighted by molar-refractivity contribution is 0.216. The molecule has 0 aliphatic carbocycles. The predicted molar refractivity (Wildman–Crippen MR) is 57.8 cm³/mol. The third-order valence-electron chi connectivity index (χ3n) is 2.15. The number of halogens is 1. The van der Waals surface area contributed by atoms with E-state index in [2.05, 4.69) is 0 Å². The Morgan fingerprint density at radius 3 is 2.80 bits per heavy atom.